The molecule has 0 aliphatic rings. The van der Waals surface area contributed by atoms with Crippen molar-refractivity contribution in [2.75, 3.05) is 0 Å². The molecule has 0 aliphatic carbocycles. The van der Waals surface area contributed by atoms with Crippen molar-refractivity contribution >= 4 is 45.6 Å². The van der Waals surface area contributed by atoms with Gasteiger partial charge in [-0.15, -0.1) is 0 Å². The van der Waals surface area contributed by atoms with Crippen molar-refractivity contribution in [2.45, 2.75) is 20.4 Å². The SMILES string of the molecule is Cc1nn(CC(=O)NN=Cc2cccc(OC(=O)c3ccccc3Cl)c2)c(C)c1Br. The number of nitrogens with one attached hydrogen (secondary N) is 1. The van der Waals surface area contributed by atoms with Crippen LogP contribution in [0.5, 0.6) is 5.75 Å². The van der Waals surface area contributed by atoms with Crippen LogP contribution in [-0.4, -0.2) is 27.9 Å². The van der Waals surface area contributed by atoms with Crippen molar-refractivity contribution in [3.8, 4) is 5.75 Å². The number of carbonyl (C=O) groups excluding carboxylic acids is 2. The van der Waals surface area contributed by atoms with Gasteiger partial charge in [-0.2, -0.15) is 10.2 Å². The molecule has 0 radical (unpaired) electrons. The highest BCUT2D eigenvalue weighted by molar-refractivity contribution is 9.10. The van der Waals surface area contributed by atoms with Crippen molar-refractivity contribution in [1.82, 2.24) is 15.2 Å². The monoisotopic (exact) mass is 488 g/mol. The molecule has 9 heteroatoms. The first kappa shape index (κ1) is 21.7. The molecule has 7 nitrogen and oxygen atoms in total. The van der Waals surface area contributed by atoms with Gasteiger partial charge in [0.05, 0.1) is 32.7 Å². The molecule has 1 amide bonds. The van der Waals surface area contributed by atoms with Crippen LogP contribution < -0.4 is 10.2 Å². The summed E-state index contributed by atoms with van der Waals surface area (Å²) < 4.78 is 7.84. The van der Waals surface area contributed by atoms with Gasteiger partial charge in [0.2, 0.25) is 0 Å². The Balaban J connectivity index is 1.60. The number of aryl methyl sites for hydroxylation is 1. The Hall–Kier alpha value is -2.97. The van der Waals surface area contributed by atoms with Crippen LogP contribution in [0.4, 0.5) is 0 Å². The summed E-state index contributed by atoms with van der Waals surface area (Å²) in [6.45, 7) is 3.77. The molecule has 0 saturated carbocycles. The minimum Gasteiger partial charge on any atom is -0.423 e. The van der Waals surface area contributed by atoms with Gasteiger partial charge >= 0.3 is 5.97 Å². The number of carbonyl (C=O) groups is 2. The van der Waals surface area contributed by atoms with Gasteiger partial charge in [0.15, 0.2) is 0 Å². The third kappa shape index (κ3) is 5.34. The first-order chi connectivity index (χ1) is 14.3. The van der Waals surface area contributed by atoms with E-state index in [1.165, 1.54) is 6.21 Å². The highest BCUT2D eigenvalue weighted by Gasteiger charge is 2.13. The molecule has 2 aromatic carbocycles. The number of nitrogens with zero attached hydrogens (tertiary/aromatic N) is 3. The van der Waals surface area contributed by atoms with E-state index in [1.54, 1.807) is 53.2 Å². The molecule has 0 atom stereocenters. The molecule has 1 heterocycles. The number of halogens is 2. The third-order valence-electron chi connectivity index (χ3n) is 4.15. The van der Waals surface area contributed by atoms with E-state index in [2.05, 4.69) is 31.6 Å². The van der Waals surface area contributed by atoms with Crippen molar-refractivity contribution in [3.05, 3.63) is 80.5 Å². The highest BCUT2D eigenvalue weighted by atomic mass is 79.9. The Labute approximate surface area is 186 Å². The van der Waals surface area contributed by atoms with E-state index in [0.717, 1.165) is 15.9 Å². The quantitative estimate of drug-likeness (QED) is 0.242. The Morgan fingerprint density at radius 1 is 1.23 bits per heavy atom. The zero-order valence-electron chi connectivity index (χ0n) is 16.2. The van der Waals surface area contributed by atoms with Crippen LogP contribution in [-0.2, 0) is 11.3 Å². The van der Waals surface area contributed by atoms with Gasteiger partial charge in [0.1, 0.15) is 12.3 Å². The molecular formula is C21H18BrClN4O3. The molecule has 1 N–H and O–H groups in total. The number of hydrogen-bond acceptors (Lipinski definition) is 5. The number of esters is 1. The van der Waals surface area contributed by atoms with Crippen molar-refractivity contribution in [3.63, 3.8) is 0 Å². The van der Waals surface area contributed by atoms with E-state index in [1.807, 2.05) is 13.8 Å². The van der Waals surface area contributed by atoms with E-state index in [9.17, 15) is 9.59 Å². The van der Waals surface area contributed by atoms with E-state index >= 15 is 0 Å². The molecular weight excluding hydrogens is 472 g/mol. The summed E-state index contributed by atoms with van der Waals surface area (Å²) in [5, 5.41) is 8.55. The molecule has 3 aromatic rings. The lowest BCUT2D eigenvalue weighted by Gasteiger charge is -2.06. The predicted octanol–water partition coefficient (Wildman–Crippen LogP) is 4.29. The first-order valence-corrected chi connectivity index (χ1v) is 10.1. The van der Waals surface area contributed by atoms with Crippen molar-refractivity contribution in [2.24, 2.45) is 5.10 Å². The maximum Gasteiger partial charge on any atom is 0.345 e. The zero-order chi connectivity index (χ0) is 21.7. The van der Waals surface area contributed by atoms with Gasteiger partial charge in [-0.1, -0.05) is 35.9 Å². The molecule has 0 bridgehead atoms. The molecule has 0 fully saturated rings. The summed E-state index contributed by atoms with van der Waals surface area (Å²) in [4.78, 5) is 24.4. The number of ether oxygens (including phenoxy) is 1. The van der Waals surface area contributed by atoms with Gasteiger partial charge in [-0.05, 0) is 59.6 Å². The zero-order valence-corrected chi connectivity index (χ0v) is 18.6. The summed E-state index contributed by atoms with van der Waals surface area (Å²) in [6.07, 6.45) is 1.46. The van der Waals surface area contributed by atoms with E-state index in [-0.39, 0.29) is 18.0 Å². The topological polar surface area (TPSA) is 85.6 Å². The van der Waals surface area contributed by atoms with Crippen molar-refractivity contribution in [1.29, 1.82) is 0 Å². The molecule has 0 saturated heterocycles. The van der Waals surface area contributed by atoms with E-state index in [4.69, 9.17) is 16.3 Å². The number of aromatic nitrogens is 2. The maximum atomic E-state index is 12.3. The summed E-state index contributed by atoms with van der Waals surface area (Å²) in [5.41, 5.74) is 5.06. The van der Waals surface area contributed by atoms with E-state index in [0.29, 0.717) is 16.3 Å². The fraction of sp³-hybridized carbons (Fsp3) is 0.143. The minimum absolute atomic E-state index is 0.0467. The fourth-order valence-electron chi connectivity index (χ4n) is 2.63. The molecule has 0 aliphatic heterocycles. The van der Waals surface area contributed by atoms with Crippen LogP contribution in [0, 0.1) is 13.8 Å². The summed E-state index contributed by atoms with van der Waals surface area (Å²) in [5.74, 6) is -0.535. The minimum atomic E-state index is -0.556. The molecule has 0 unspecified atom stereocenters. The lowest BCUT2D eigenvalue weighted by Crippen LogP contribution is -2.24. The fourth-order valence-corrected chi connectivity index (χ4v) is 3.12. The van der Waals surface area contributed by atoms with Crippen LogP contribution in [0.1, 0.15) is 27.3 Å². The van der Waals surface area contributed by atoms with Crippen LogP contribution in [0.15, 0.2) is 58.1 Å². The smallest absolute Gasteiger partial charge is 0.345 e. The normalized spacial score (nSPS) is 10.9. The first-order valence-electron chi connectivity index (χ1n) is 8.93. The molecule has 30 heavy (non-hydrogen) atoms. The summed E-state index contributed by atoms with van der Waals surface area (Å²) in [6, 6.07) is 13.4. The Bertz CT molecular complexity index is 1130. The van der Waals surface area contributed by atoms with Gasteiger partial charge in [0.25, 0.3) is 5.91 Å². The summed E-state index contributed by atoms with van der Waals surface area (Å²) in [7, 11) is 0. The van der Waals surface area contributed by atoms with Crippen LogP contribution in [0.3, 0.4) is 0 Å². The molecule has 1 aromatic heterocycles. The number of hydrogen-bond donors (Lipinski definition) is 1. The number of benzene rings is 2. The average molecular weight is 490 g/mol. The Morgan fingerprint density at radius 3 is 2.70 bits per heavy atom. The van der Waals surface area contributed by atoms with Crippen molar-refractivity contribution < 1.29 is 14.3 Å². The van der Waals surface area contributed by atoms with Gasteiger partial charge in [-0.25, -0.2) is 10.2 Å². The Morgan fingerprint density at radius 2 is 2.00 bits per heavy atom. The van der Waals surface area contributed by atoms with E-state index < -0.39 is 5.97 Å². The van der Waals surface area contributed by atoms with Crippen LogP contribution >= 0.6 is 27.5 Å². The number of rotatable bonds is 6. The second kappa shape index (κ2) is 9.69. The van der Waals surface area contributed by atoms with Gasteiger partial charge < -0.3 is 4.74 Å². The lowest BCUT2D eigenvalue weighted by atomic mass is 10.2. The molecule has 154 valence electrons. The highest BCUT2D eigenvalue weighted by Crippen LogP contribution is 2.20. The number of hydrazone groups is 1. The Kier molecular flexibility index (Phi) is 7.02. The van der Waals surface area contributed by atoms with Crippen LogP contribution in [0.25, 0.3) is 0 Å². The molecule has 3 rings (SSSR count). The second-order valence-corrected chi connectivity index (χ2v) is 7.58. The van der Waals surface area contributed by atoms with Gasteiger partial charge in [0, 0.05) is 0 Å². The standard InChI is InChI=1S/C21H18BrClN4O3/c1-13-20(22)14(2)27(26-13)12-19(28)25-24-11-15-6-5-7-16(10-15)30-21(29)17-8-3-4-9-18(17)23/h3-11H,12H2,1-2H3,(H,25,28). The molecule has 0 spiro atoms. The van der Waals surface area contributed by atoms with Crippen LogP contribution in [0.2, 0.25) is 5.02 Å². The average Bonchev–Trinajstić information content (AvgIpc) is 2.95. The third-order valence-corrected chi connectivity index (χ3v) is 5.63. The predicted molar refractivity (Wildman–Crippen MR) is 118 cm³/mol. The maximum absolute atomic E-state index is 12.3. The lowest BCUT2D eigenvalue weighted by molar-refractivity contribution is -0.121. The summed E-state index contributed by atoms with van der Waals surface area (Å²) >= 11 is 9.45. The largest absolute Gasteiger partial charge is 0.423 e. The van der Waals surface area contributed by atoms with Gasteiger partial charge in [-0.3, -0.25) is 9.48 Å². The second-order valence-electron chi connectivity index (χ2n) is 6.38. The number of amides is 1.